The van der Waals surface area contributed by atoms with E-state index in [4.69, 9.17) is 13.0 Å². The van der Waals surface area contributed by atoms with Crippen molar-refractivity contribution >= 4 is 32.3 Å². The van der Waals surface area contributed by atoms with Crippen LogP contribution in [0.25, 0.3) is 0 Å². The first-order chi connectivity index (χ1) is 15.7. The summed E-state index contributed by atoms with van der Waals surface area (Å²) < 4.78 is 0. The predicted octanol–water partition coefficient (Wildman–Crippen LogP) is 3.65. The topological polar surface area (TPSA) is 115 Å². The Morgan fingerprint density at radius 1 is 1.18 bits per heavy atom. The van der Waals surface area contributed by atoms with Crippen LogP contribution in [0, 0.1) is 0 Å². The summed E-state index contributed by atoms with van der Waals surface area (Å²) in [5.74, 6) is -0.199. The second-order valence-electron chi connectivity index (χ2n) is 8.38. The number of rotatable bonds is 17. The lowest BCUT2D eigenvalue weighted by molar-refractivity contribution is -0.137. The van der Waals surface area contributed by atoms with Crippen LogP contribution in [-0.4, -0.2) is 60.2 Å². The third-order valence-corrected chi connectivity index (χ3v) is 5.16. The molecule has 8 nitrogen and oxygen atoms in total. The third-order valence-electron chi connectivity index (χ3n) is 5.16. The Bertz CT molecular complexity index is 793. The molecule has 1 rings (SSSR count). The van der Waals surface area contributed by atoms with E-state index in [2.05, 4.69) is 22.0 Å². The van der Waals surface area contributed by atoms with Gasteiger partial charge in [0, 0.05) is 25.0 Å². The number of carboxylic acids is 1. The molecule has 9 heteroatoms. The number of aliphatic hydroxyl groups is 1. The Hall–Kier alpha value is -2.68. The lowest BCUT2D eigenvalue weighted by atomic mass is 9.79. The molecule has 180 valence electrons. The van der Waals surface area contributed by atoms with E-state index in [1.54, 1.807) is 32.1 Å². The van der Waals surface area contributed by atoms with E-state index in [9.17, 15) is 14.7 Å². The molecule has 0 aromatic carbocycles. The van der Waals surface area contributed by atoms with Gasteiger partial charge in [-0.25, -0.2) is 9.98 Å². The maximum Gasteiger partial charge on any atom is 0.303 e. The number of carboxylic acid groups (broad SMARTS) is 1. The SMILES string of the molecule is [B]C(C)(O)CCCCCCCCN(CCCC(=O)O)c1cccc(C(=O)N/C(=C/C)N=C)n1. The van der Waals surface area contributed by atoms with Gasteiger partial charge in [0.2, 0.25) is 0 Å². The molecule has 1 atom stereocenters. The molecule has 1 amide bonds. The second-order valence-corrected chi connectivity index (χ2v) is 8.38. The first-order valence-electron chi connectivity index (χ1n) is 11.6. The zero-order valence-electron chi connectivity index (χ0n) is 19.9. The average molecular weight is 456 g/mol. The van der Waals surface area contributed by atoms with Crippen LogP contribution in [0.2, 0.25) is 0 Å². The van der Waals surface area contributed by atoms with Gasteiger partial charge in [0.05, 0.1) is 0 Å². The van der Waals surface area contributed by atoms with Gasteiger partial charge < -0.3 is 20.4 Å². The minimum absolute atomic E-state index is 0.0806. The number of carbonyl (C=O) groups is 2. The molecule has 0 saturated carbocycles. The minimum atomic E-state index is -1.09. The Labute approximate surface area is 198 Å². The monoisotopic (exact) mass is 456 g/mol. The fraction of sp³-hybridized carbons (Fsp3) is 0.583. The van der Waals surface area contributed by atoms with Crippen molar-refractivity contribution in [2.24, 2.45) is 4.99 Å². The third kappa shape index (κ3) is 12.8. The van der Waals surface area contributed by atoms with Crippen LogP contribution in [0.15, 0.2) is 35.1 Å². The fourth-order valence-corrected chi connectivity index (χ4v) is 3.36. The summed E-state index contributed by atoms with van der Waals surface area (Å²) in [7, 11) is 5.58. The van der Waals surface area contributed by atoms with Crippen molar-refractivity contribution in [1.82, 2.24) is 10.3 Å². The number of unbranched alkanes of at least 4 members (excludes halogenated alkanes) is 5. The average Bonchev–Trinajstić information content (AvgIpc) is 2.76. The van der Waals surface area contributed by atoms with Gasteiger partial charge in [-0.05, 0) is 58.0 Å². The lowest BCUT2D eigenvalue weighted by Crippen LogP contribution is -2.29. The van der Waals surface area contributed by atoms with E-state index in [0.717, 1.165) is 45.1 Å². The number of pyridine rings is 1. The van der Waals surface area contributed by atoms with E-state index in [-0.39, 0.29) is 18.0 Å². The van der Waals surface area contributed by atoms with Crippen LogP contribution in [0.3, 0.4) is 0 Å². The van der Waals surface area contributed by atoms with Gasteiger partial charge in [0.1, 0.15) is 25.2 Å². The van der Waals surface area contributed by atoms with Crippen LogP contribution in [-0.2, 0) is 4.79 Å². The van der Waals surface area contributed by atoms with E-state index < -0.39 is 11.5 Å². The quantitative estimate of drug-likeness (QED) is 0.187. The highest BCUT2D eigenvalue weighted by Gasteiger charge is 2.14. The van der Waals surface area contributed by atoms with E-state index in [1.807, 2.05) is 11.0 Å². The van der Waals surface area contributed by atoms with Crippen molar-refractivity contribution in [3.63, 3.8) is 0 Å². The molecule has 1 unspecified atom stereocenters. The summed E-state index contributed by atoms with van der Waals surface area (Å²) in [6.45, 7) is 8.06. The fourth-order valence-electron chi connectivity index (χ4n) is 3.36. The number of anilines is 1. The van der Waals surface area contributed by atoms with Crippen LogP contribution >= 0.6 is 0 Å². The van der Waals surface area contributed by atoms with Gasteiger partial charge >= 0.3 is 5.97 Å². The largest absolute Gasteiger partial charge is 0.481 e. The molecule has 2 radical (unpaired) electrons. The molecule has 0 saturated heterocycles. The Morgan fingerprint density at radius 2 is 1.82 bits per heavy atom. The highest BCUT2D eigenvalue weighted by molar-refractivity contribution is 6.13. The van der Waals surface area contributed by atoms with Gasteiger partial charge in [-0.1, -0.05) is 38.2 Å². The number of amides is 1. The van der Waals surface area contributed by atoms with Crippen LogP contribution in [0.5, 0.6) is 0 Å². The molecule has 33 heavy (non-hydrogen) atoms. The van der Waals surface area contributed by atoms with Crippen LogP contribution in [0.4, 0.5) is 5.82 Å². The Balaban J connectivity index is 2.65. The molecule has 0 fully saturated rings. The highest BCUT2D eigenvalue weighted by atomic mass is 16.4. The first kappa shape index (κ1) is 28.4. The number of aliphatic carboxylic acids is 1. The maximum absolute atomic E-state index is 12.5. The van der Waals surface area contributed by atoms with Crippen LogP contribution in [0.1, 0.15) is 82.1 Å². The van der Waals surface area contributed by atoms with Crippen molar-refractivity contribution in [1.29, 1.82) is 0 Å². The van der Waals surface area contributed by atoms with E-state index in [0.29, 0.717) is 31.0 Å². The summed E-state index contributed by atoms with van der Waals surface area (Å²) in [4.78, 5) is 33.7. The number of hydrogen-bond donors (Lipinski definition) is 3. The number of aliphatic imine (C=N–C) groups is 1. The van der Waals surface area contributed by atoms with Gasteiger partial charge in [0.15, 0.2) is 0 Å². The molecule has 3 N–H and O–H groups in total. The summed E-state index contributed by atoms with van der Waals surface area (Å²) in [6, 6.07) is 5.23. The molecule has 0 aliphatic rings. The molecule has 0 bridgehead atoms. The molecule has 0 aliphatic heterocycles. The number of nitrogens with one attached hydrogen (secondary N) is 1. The summed E-state index contributed by atoms with van der Waals surface area (Å²) in [5.41, 5.74) is -0.833. The van der Waals surface area contributed by atoms with Crippen molar-refractivity contribution in [2.45, 2.75) is 77.1 Å². The molecular weight excluding hydrogens is 419 g/mol. The van der Waals surface area contributed by atoms with Gasteiger partial charge in [-0.3, -0.25) is 9.59 Å². The van der Waals surface area contributed by atoms with Gasteiger partial charge in [-0.15, -0.1) is 0 Å². The minimum Gasteiger partial charge on any atom is -0.481 e. The van der Waals surface area contributed by atoms with Gasteiger partial charge in [-0.2, -0.15) is 0 Å². The number of aromatic nitrogens is 1. The van der Waals surface area contributed by atoms with Crippen molar-refractivity contribution < 1.29 is 19.8 Å². The zero-order chi connectivity index (χ0) is 24.7. The number of nitrogens with zero attached hydrogens (tertiary/aromatic N) is 3. The van der Waals surface area contributed by atoms with E-state index in [1.165, 1.54) is 0 Å². The molecule has 1 heterocycles. The molecule has 0 aliphatic carbocycles. The second kappa shape index (κ2) is 15.2. The predicted molar refractivity (Wildman–Crippen MR) is 133 cm³/mol. The van der Waals surface area contributed by atoms with E-state index >= 15 is 0 Å². The summed E-state index contributed by atoms with van der Waals surface area (Å²) in [6.07, 6.45) is 8.87. The molecular formula is C24H37BN4O4. The molecule has 1 aromatic rings. The molecule has 1 aromatic heterocycles. The first-order valence-corrected chi connectivity index (χ1v) is 11.6. The van der Waals surface area contributed by atoms with Crippen molar-refractivity contribution in [3.8, 4) is 0 Å². The normalized spacial score (nSPS) is 13.2. The number of hydrogen-bond acceptors (Lipinski definition) is 6. The maximum atomic E-state index is 12.5. The number of carbonyl (C=O) groups excluding carboxylic acids is 1. The highest BCUT2D eigenvalue weighted by Crippen LogP contribution is 2.16. The standard InChI is InChI=1S/C24H37BN4O4/c1-4-20(26-3)28-23(32)19-13-11-14-21(27-19)29(18-12-15-22(30)31)17-10-8-6-5-7-9-16-24(2,25)33/h4,11,13-14,33H,3,5-10,12,15-18H2,1-2H3,(H,28,32)(H,30,31)/b20-4+. The molecule has 0 spiro atoms. The Kier molecular flexibility index (Phi) is 13.1. The van der Waals surface area contributed by atoms with Crippen molar-refractivity contribution in [2.75, 3.05) is 18.0 Å². The zero-order valence-corrected chi connectivity index (χ0v) is 19.9. The smallest absolute Gasteiger partial charge is 0.303 e. The summed E-state index contributed by atoms with van der Waals surface area (Å²) >= 11 is 0. The number of allylic oxidation sites excluding steroid dienone is 1. The van der Waals surface area contributed by atoms with Crippen molar-refractivity contribution in [3.05, 3.63) is 35.8 Å². The lowest BCUT2D eigenvalue weighted by Gasteiger charge is -2.24. The van der Waals surface area contributed by atoms with Crippen LogP contribution < -0.4 is 10.2 Å². The Morgan fingerprint density at radius 3 is 2.42 bits per heavy atom. The van der Waals surface area contributed by atoms with Gasteiger partial charge in [0.25, 0.3) is 5.91 Å². The summed E-state index contributed by atoms with van der Waals surface area (Å²) in [5, 5.41) is 21.2.